The standard InChI is InChI=1S/C13H15N3OS/c1-14-12-3-5-15-7-11(12)13(17)16(2)8-10-4-6-18-9-10/h3-7,9H,8H2,1-2H3,(H,14,15). The zero-order chi connectivity index (χ0) is 13.0. The highest BCUT2D eigenvalue weighted by Gasteiger charge is 2.15. The Balaban J connectivity index is 2.15. The number of hydrogen-bond acceptors (Lipinski definition) is 4. The Bertz CT molecular complexity index is 525. The molecule has 0 aliphatic heterocycles. The van der Waals surface area contributed by atoms with Gasteiger partial charge in [0.25, 0.3) is 5.91 Å². The van der Waals surface area contributed by atoms with Gasteiger partial charge in [0.2, 0.25) is 0 Å². The van der Waals surface area contributed by atoms with Crippen LogP contribution in [0.1, 0.15) is 15.9 Å². The second kappa shape index (κ2) is 5.64. The molecule has 0 unspecified atom stereocenters. The van der Waals surface area contributed by atoms with Crippen molar-refractivity contribution in [3.05, 3.63) is 46.4 Å². The summed E-state index contributed by atoms with van der Waals surface area (Å²) in [5, 5.41) is 7.06. The van der Waals surface area contributed by atoms with Gasteiger partial charge in [-0.25, -0.2) is 0 Å². The van der Waals surface area contributed by atoms with E-state index in [1.807, 2.05) is 16.8 Å². The van der Waals surface area contributed by atoms with Crippen LogP contribution in [0.3, 0.4) is 0 Å². The highest BCUT2D eigenvalue weighted by molar-refractivity contribution is 7.07. The number of carbonyl (C=O) groups excluding carboxylic acids is 1. The van der Waals surface area contributed by atoms with E-state index >= 15 is 0 Å². The zero-order valence-electron chi connectivity index (χ0n) is 10.4. The van der Waals surface area contributed by atoms with Crippen molar-refractivity contribution in [1.82, 2.24) is 9.88 Å². The van der Waals surface area contributed by atoms with Crippen molar-refractivity contribution in [3.63, 3.8) is 0 Å². The molecule has 0 bridgehead atoms. The molecule has 1 N–H and O–H groups in total. The van der Waals surface area contributed by atoms with E-state index in [1.54, 1.807) is 48.8 Å². The fourth-order valence-corrected chi connectivity index (χ4v) is 2.38. The van der Waals surface area contributed by atoms with Crippen LogP contribution >= 0.6 is 11.3 Å². The summed E-state index contributed by atoms with van der Waals surface area (Å²) in [5.41, 5.74) is 2.54. The Labute approximate surface area is 110 Å². The van der Waals surface area contributed by atoms with E-state index in [4.69, 9.17) is 0 Å². The molecule has 0 saturated heterocycles. The van der Waals surface area contributed by atoms with E-state index in [0.717, 1.165) is 11.3 Å². The van der Waals surface area contributed by atoms with Gasteiger partial charge in [0.05, 0.1) is 5.56 Å². The Morgan fingerprint density at radius 3 is 3.00 bits per heavy atom. The SMILES string of the molecule is CNc1ccncc1C(=O)N(C)Cc1ccsc1. The smallest absolute Gasteiger partial charge is 0.257 e. The van der Waals surface area contributed by atoms with Crippen molar-refractivity contribution < 1.29 is 4.79 Å². The van der Waals surface area contributed by atoms with Crippen molar-refractivity contribution >= 4 is 22.9 Å². The second-order valence-corrected chi connectivity index (χ2v) is 4.74. The van der Waals surface area contributed by atoms with E-state index in [2.05, 4.69) is 10.3 Å². The maximum atomic E-state index is 12.3. The lowest BCUT2D eigenvalue weighted by molar-refractivity contribution is 0.0786. The first-order valence-corrected chi connectivity index (χ1v) is 6.55. The number of thiophene rings is 1. The van der Waals surface area contributed by atoms with Crippen LogP contribution in [0.15, 0.2) is 35.3 Å². The minimum absolute atomic E-state index is 0.0290. The molecule has 0 spiro atoms. The molecule has 0 aliphatic rings. The van der Waals surface area contributed by atoms with Gasteiger partial charge in [-0.1, -0.05) is 0 Å². The van der Waals surface area contributed by atoms with Gasteiger partial charge >= 0.3 is 0 Å². The molecule has 0 fully saturated rings. The van der Waals surface area contributed by atoms with Crippen molar-refractivity contribution in [2.45, 2.75) is 6.54 Å². The van der Waals surface area contributed by atoms with Gasteiger partial charge in [-0.15, -0.1) is 0 Å². The van der Waals surface area contributed by atoms with Gasteiger partial charge < -0.3 is 10.2 Å². The molecular formula is C13H15N3OS. The first-order valence-electron chi connectivity index (χ1n) is 5.60. The van der Waals surface area contributed by atoms with Crippen LogP contribution in [0.25, 0.3) is 0 Å². The number of aromatic nitrogens is 1. The molecule has 0 radical (unpaired) electrons. The Morgan fingerprint density at radius 1 is 1.50 bits per heavy atom. The number of anilines is 1. The molecule has 1 amide bonds. The zero-order valence-corrected chi connectivity index (χ0v) is 11.2. The van der Waals surface area contributed by atoms with Crippen LogP contribution in [0.2, 0.25) is 0 Å². The Morgan fingerprint density at radius 2 is 2.33 bits per heavy atom. The summed E-state index contributed by atoms with van der Waals surface area (Å²) < 4.78 is 0. The molecule has 0 aliphatic carbocycles. The highest BCUT2D eigenvalue weighted by Crippen LogP contribution is 2.16. The topological polar surface area (TPSA) is 45.2 Å². The van der Waals surface area contributed by atoms with Gasteiger partial charge in [-0.2, -0.15) is 11.3 Å². The van der Waals surface area contributed by atoms with Gasteiger partial charge in [-0.3, -0.25) is 9.78 Å². The summed E-state index contributed by atoms with van der Waals surface area (Å²) in [6, 6.07) is 3.82. The van der Waals surface area contributed by atoms with Crippen LogP contribution in [-0.2, 0) is 6.54 Å². The predicted octanol–water partition coefficient (Wildman–Crippen LogP) is 2.46. The number of nitrogens with zero attached hydrogens (tertiary/aromatic N) is 2. The number of rotatable bonds is 4. The first-order chi connectivity index (χ1) is 8.72. The van der Waals surface area contributed by atoms with Crippen molar-refractivity contribution in [1.29, 1.82) is 0 Å². The van der Waals surface area contributed by atoms with Crippen LogP contribution in [0.5, 0.6) is 0 Å². The highest BCUT2D eigenvalue weighted by atomic mass is 32.1. The van der Waals surface area contributed by atoms with Gasteiger partial charge in [0.15, 0.2) is 0 Å². The molecular weight excluding hydrogens is 246 g/mol. The third kappa shape index (κ3) is 2.68. The third-order valence-electron chi connectivity index (χ3n) is 2.67. The summed E-state index contributed by atoms with van der Waals surface area (Å²) >= 11 is 1.63. The largest absolute Gasteiger partial charge is 0.387 e. The molecule has 2 aromatic heterocycles. The minimum Gasteiger partial charge on any atom is -0.387 e. The van der Waals surface area contributed by atoms with Crippen LogP contribution < -0.4 is 5.32 Å². The molecule has 4 nitrogen and oxygen atoms in total. The third-order valence-corrected chi connectivity index (χ3v) is 3.40. The Hall–Kier alpha value is -1.88. The number of carbonyl (C=O) groups is 1. The van der Waals surface area contributed by atoms with Crippen molar-refractivity contribution in [2.75, 3.05) is 19.4 Å². The monoisotopic (exact) mass is 261 g/mol. The summed E-state index contributed by atoms with van der Waals surface area (Å²) in [6.45, 7) is 0.611. The molecule has 2 rings (SSSR count). The minimum atomic E-state index is -0.0290. The summed E-state index contributed by atoms with van der Waals surface area (Å²) in [6.07, 6.45) is 3.26. The van der Waals surface area contributed by atoms with E-state index in [9.17, 15) is 4.79 Å². The second-order valence-electron chi connectivity index (χ2n) is 3.96. The lowest BCUT2D eigenvalue weighted by Gasteiger charge is -2.18. The average Bonchev–Trinajstić information content (AvgIpc) is 2.90. The molecule has 0 aromatic carbocycles. The lowest BCUT2D eigenvalue weighted by atomic mass is 10.2. The maximum absolute atomic E-state index is 12.3. The molecule has 5 heteroatoms. The summed E-state index contributed by atoms with van der Waals surface area (Å²) in [5.74, 6) is -0.0290. The predicted molar refractivity (Wildman–Crippen MR) is 73.9 cm³/mol. The van der Waals surface area contributed by atoms with Crippen LogP contribution in [-0.4, -0.2) is 29.9 Å². The number of nitrogens with one attached hydrogen (secondary N) is 1. The maximum Gasteiger partial charge on any atom is 0.257 e. The molecule has 2 heterocycles. The fraction of sp³-hybridized carbons (Fsp3) is 0.231. The number of amides is 1. The normalized spacial score (nSPS) is 10.1. The van der Waals surface area contributed by atoms with Crippen LogP contribution in [0.4, 0.5) is 5.69 Å². The molecule has 18 heavy (non-hydrogen) atoms. The van der Waals surface area contributed by atoms with Gasteiger partial charge in [0.1, 0.15) is 0 Å². The quantitative estimate of drug-likeness (QED) is 0.919. The fourth-order valence-electron chi connectivity index (χ4n) is 1.72. The van der Waals surface area contributed by atoms with E-state index < -0.39 is 0 Å². The molecule has 94 valence electrons. The Kier molecular flexibility index (Phi) is 3.94. The summed E-state index contributed by atoms with van der Waals surface area (Å²) in [7, 11) is 3.59. The van der Waals surface area contributed by atoms with E-state index in [0.29, 0.717) is 12.1 Å². The van der Waals surface area contributed by atoms with Crippen molar-refractivity contribution in [3.8, 4) is 0 Å². The molecule has 2 aromatic rings. The van der Waals surface area contributed by atoms with Gasteiger partial charge in [-0.05, 0) is 28.5 Å². The summed E-state index contributed by atoms with van der Waals surface area (Å²) in [4.78, 5) is 18.0. The van der Waals surface area contributed by atoms with E-state index in [-0.39, 0.29) is 5.91 Å². The first kappa shape index (κ1) is 12.6. The van der Waals surface area contributed by atoms with E-state index in [1.165, 1.54) is 0 Å². The van der Waals surface area contributed by atoms with Crippen LogP contribution in [0, 0.1) is 0 Å². The van der Waals surface area contributed by atoms with Gasteiger partial charge in [0, 0.05) is 38.7 Å². The lowest BCUT2D eigenvalue weighted by Crippen LogP contribution is -2.26. The van der Waals surface area contributed by atoms with Crippen molar-refractivity contribution in [2.24, 2.45) is 0 Å². The molecule has 0 atom stereocenters. The number of hydrogen-bond donors (Lipinski definition) is 1. The molecule has 0 saturated carbocycles. The average molecular weight is 261 g/mol. The number of pyridine rings is 1.